The van der Waals surface area contributed by atoms with Gasteiger partial charge in [0.25, 0.3) is 5.56 Å². The van der Waals surface area contributed by atoms with Crippen LogP contribution in [0.15, 0.2) is 76.3 Å². The van der Waals surface area contributed by atoms with Gasteiger partial charge in [-0.1, -0.05) is 28.2 Å². The van der Waals surface area contributed by atoms with Crippen LogP contribution in [0.3, 0.4) is 0 Å². The van der Waals surface area contributed by atoms with Crippen molar-refractivity contribution in [1.82, 2.24) is 24.4 Å². The molecule has 17 heteroatoms. The van der Waals surface area contributed by atoms with E-state index in [0.717, 1.165) is 0 Å². The van der Waals surface area contributed by atoms with Gasteiger partial charge in [0.05, 0.1) is 61.6 Å². The van der Waals surface area contributed by atoms with E-state index in [-0.39, 0.29) is 44.5 Å². The first-order chi connectivity index (χ1) is 25.4. The maximum absolute atomic E-state index is 14.6. The number of aliphatic imine (C=N–C) groups is 1. The highest BCUT2D eigenvalue weighted by Crippen LogP contribution is 2.46. The number of nitrogens with zero attached hydrogens (tertiary/aromatic N) is 8. The van der Waals surface area contributed by atoms with E-state index in [1.807, 2.05) is 14.1 Å². The second-order valence-electron chi connectivity index (χ2n) is 13.3. The number of carbonyl (C=O) groups is 1. The molecule has 1 fully saturated rings. The van der Waals surface area contributed by atoms with Crippen molar-refractivity contribution in [3.63, 3.8) is 0 Å². The van der Waals surface area contributed by atoms with Crippen molar-refractivity contribution in [1.29, 1.82) is 0 Å². The van der Waals surface area contributed by atoms with Crippen molar-refractivity contribution >= 4 is 57.9 Å². The van der Waals surface area contributed by atoms with Crippen LogP contribution in [-0.2, 0) is 4.79 Å². The molecule has 4 aromatic rings. The third-order valence-corrected chi connectivity index (χ3v) is 10.0. The number of aromatic nitrogens is 4. The Kier molecular flexibility index (Phi) is 11.1. The monoisotopic (exact) mass is 762 g/mol. The molecular formula is C36H38Cl2N9O6+. The molecule has 15 nitrogen and oxygen atoms in total. The molecule has 276 valence electrons. The molecule has 1 N–H and O–H groups in total. The average molecular weight is 764 g/mol. The summed E-state index contributed by atoms with van der Waals surface area (Å²) in [4.78, 5) is 57.2. The second-order valence-corrected chi connectivity index (χ2v) is 14.1. The van der Waals surface area contributed by atoms with Crippen LogP contribution in [0.1, 0.15) is 25.3 Å². The summed E-state index contributed by atoms with van der Waals surface area (Å²) < 4.78 is 13.1. The topological polar surface area (TPSA) is 167 Å². The van der Waals surface area contributed by atoms with Crippen LogP contribution in [0, 0.1) is 10.1 Å². The third kappa shape index (κ3) is 8.01. The molecule has 3 aromatic heterocycles. The number of likely N-dealkylation sites (N-methyl/N-ethyl adjacent to an activating group) is 1. The van der Waals surface area contributed by atoms with E-state index in [4.69, 9.17) is 32.7 Å². The molecule has 6 rings (SSSR count). The fraction of sp³-hybridized carbons (Fsp3) is 0.333. The normalized spacial score (nSPS) is 15.1. The Bertz CT molecular complexity index is 2190. The summed E-state index contributed by atoms with van der Waals surface area (Å²) in [7, 11) is 6.83. The van der Waals surface area contributed by atoms with Gasteiger partial charge in [-0.2, -0.15) is 0 Å². The van der Waals surface area contributed by atoms with Gasteiger partial charge >= 0.3 is 5.82 Å². The molecule has 0 spiro atoms. The summed E-state index contributed by atoms with van der Waals surface area (Å²) in [5.41, 5.74) is 1.48. The fourth-order valence-corrected chi connectivity index (χ4v) is 7.37. The van der Waals surface area contributed by atoms with Gasteiger partial charge < -0.3 is 38.9 Å². The Balaban J connectivity index is 1.28. The van der Waals surface area contributed by atoms with Crippen LogP contribution in [0.4, 0.5) is 11.6 Å². The summed E-state index contributed by atoms with van der Waals surface area (Å²) in [5.74, 6) is 1.36. The number of anilines is 2. The first kappa shape index (κ1) is 37.4. The third-order valence-electron chi connectivity index (χ3n) is 9.26. The zero-order valence-corrected chi connectivity index (χ0v) is 31.1. The number of hydrogen-bond acceptors (Lipinski definition) is 11. The number of likely N-dealkylation sites (tertiary alicyclic amines) is 1. The Morgan fingerprint density at radius 1 is 1.09 bits per heavy atom. The molecule has 0 aliphatic carbocycles. The highest BCUT2D eigenvalue weighted by Gasteiger charge is 2.30. The first-order valence-corrected chi connectivity index (χ1v) is 17.5. The SMILES string of the molecule is COc1cc(OC)c(Cl)c(-c2cc3cnc(Nc4ccncn4)cc3n(C3CCN(C(=O)/C=C/C[N+](C)(C)CC4=C([N+](=O)[O-])N=CC4)CC3)c2=O)c1Cl. The van der Waals surface area contributed by atoms with Crippen LogP contribution in [0.2, 0.25) is 10.0 Å². The Morgan fingerprint density at radius 3 is 2.45 bits per heavy atom. The summed E-state index contributed by atoms with van der Waals surface area (Å²) in [6, 6.07) is 6.48. The number of pyridine rings is 2. The molecule has 0 bridgehead atoms. The lowest BCUT2D eigenvalue weighted by Crippen LogP contribution is -2.42. The van der Waals surface area contributed by atoms with Crippen LogP contribution in [-0.4, -0.2) is 100 Å². The zero-order chi connectivity index (χ0) is 37.9. The van der Waals surface area contributed by atoms with Gasteiger partial charge in [0.15, 0.2) is 0 Å². The molecule has 0 saturated carbocycles. The van der Waals surface area contributed by atoms with E-state index in [9.17, 15) is 19.7 Å². The molecule has 2 aliphatic heterocycles. The summed E-state index contributed by atoms with van der Waals surface area (Å²) in [6.07, 6.45) is 11.0. The number of amides is 1. The van der Waals surface area contributed by atoms with E-state index < -0.39 is 4.92 Å². The molecule has 2 aliphatic rings. The minimum atomic E-state index is -0.456. The number of benzene rings is 1. The number of halogens is 2. The van der Waals surface area contributed by atoms with E-state index in [1.54, 1.807) is 64.5 Å². The van der Waals surface area contributed by atoms with E-state index >= 15 is 0 Å². The van der Waals surface area contributed by atoms with Crippen LogP contribution in [0.25, 0.3) is 22.0 Å². The first-order valence-electron chi connectivity index (χ1n) is 16.8. The number of fused-ring (bicyclic) bond motifs is 1. The lowest BCUT2D eigenvalue weighted by molar-refractivity contribution is -0.880. The minimum absolute atomic E-state index is 0.0968. The largest absolute Gasteiger partial charge is 0.495 e. The number of ether oxygens (including phenoxy) is 2. The van der Waals surface area contributed by atoms with Gasteiger partial charge in [0.1, 0.15) is 42.2 Å². The van der Waals surface area contributed by atoms with Gasteiger partial charge in [0, 0.05) is 67.1 Å². The minimum Gasteiger partial charge on any atom is -0.495 e. The predicted octanol–water partition coefficient (Wildman–Crippen LogP) is 5.68. The van der Waals surface area contributed by atoms with E-state index in [2.05, 4.69) is 25.3 Å². The molecule has 53 heavy (non-hydrogen) atoms. The van der Waals surface area contributed by atoms with Crippen molar-refractivity contribution < 1.29 is 23.7 Å². The van der Waals surface area contributed by atoms with Gasteiger partial charge in [-0.05, 0) is 36.0 Å². The van der Waals surface area contributed by atoms with Gasteiger partial charge in [0.2, 0.25) is 5.91 Å². The fourth-order valence-electron chi connectivity index (χ4n) is 6.67. The Hall–Kier alpha value is -5.38. The Labute approximate surface area is 314 Å². The number of carbonyl (C=O) groups excluding carboxylic acids is 1. The van der Waals surface area contributed by atoms with Gasteiger partial charge in [-0.3, -0.25) is 9.59 Å². The van der Waals surface area contributed by atoms with Gasteiger partial charge in [-0.25, -0.2) is 15.0 Å². The highest BCUT2D eigenvalue weighted by molar-refractivity contribution is 6.41. The molecule has 0 unspecified atom stereocenters. The van der Waals surface area contributed by atoms with E-state index in [0.29, 0.717) is 89.5 Å². The summed E-state index contributed by atoms with van der Waals surface area (Å²) in [6.45, 7) is 1.75. The lowest BCUT2D eigenvalue weighted by atomic mass is 10.00. The van der Waals surface area contributed by atoms with E-state index in [1.165, 1.54) is 20.5 Å². The number of piperidine rings is 1. The lowest BCUT2D eigenvalue weighted by Gasteiger charge is -2.33. The highest BCUT2D eigenvalue weighted by atomic mass is 35.5. The number of nitrogens with one attached hydrogen (secondary N) is 1. The predicted molar refractivity (Wildman–Crippen MR) is 203 cm³/mol. The standard InChI is InChI=1S/C36H37Cl2N9O6/c1-47(2,20-22-7-12-40-35(22)46(50)51)15-5-6-31(48)44-13-9-24(10-14-44)45-26-17-30(43-29-8-11-39-21-42-29)41-19-23(26)16-25(36(45)49)32-33(37)27(52-3)18-28(53-4)34(32)38/h5-6,8,11-12,16-19,21,24H,7,9-10,13-15,20H2,1-4H3/p+1/b6-5+. The van der Waals surface area contributed by atoms with Gasteiger partial charge in [-0.15, -0.1) is 0 Å². The smallest absolute Gasteiger partial charge is 0.368 e. The van der Waals surface area contributed by atoms with Crippen molar-refractivity contribution in [2.45, 2.75) is 25.3 Å². The number of methoxy groups -OCH3 is 2. The number of quaternary nitrogens is 1. The average Bonchev–Trinajstić information content (AvgIpc) is 3.60. The van der Waals surface area contributed by atoms with Crippen LogP contribution in [0.5, 0.6) is 11.5 Å². The quantitative estimate of drug-likeness (QED) is 0.0821. The van der Waals surface area contributed by atoms with Crippen molar-refractivity contribution in [3.8, 4) is 22.6 Å². The number of hydrogen-bond donors (Lipinski definition) is 1. The molecule has 1 amide bonds. The molecular weight excluding hydrogens is 725 g/mol. The van der Waals surface area contributed by atoms with Crippen molar-refractivity contribution in [2.75, 3.05) is 59.8 Å². The zero-order valence-electron chi connectivity index (χ0n) is 29.6. The number of rotatable bonds is 12. The summed E-state index contributed by atoms with van der Waals surface area (Å²) in [5, 5.41) is 15.5. The molecule has 1 aromatic carbocycles. The van der Waals surface area contributed by atoms with Crippen molar-refractivity contribution in [3.05, 3.63) is 97.0 Å². The summed E-state index contributed by atoms with van der Waals surface area (Å²) >= 11 is 13.6. The second kappa shape index (κ2) is 15.7. The Morgan fingerprint density at radius 2 is 1.81 bits per heavy atom. The van der Waals surface area contributed by atoms with Crippen LogP contribution >= 0.6 is 23.2 Å². The van der Waals surface area contributed by atoms with Crippen molar-refractivity contribution in [2.24, 2.45) is 4.99 Å². The molecule has 5 heterocycles. The molecule has 0 atom stereocenters. The number of nitro groups is 1. The maximum atomic E-state index is 14.6. The molecule has 1 saturated heterocycles. The maximum Gasteiger partial charge on any atom is 0.368 e. The van der Waals surface area contributed by atoms with Crippen LogP contribution < -0.4 is 20.3 Å². The molecule has 0 radical (unpaired) electrons.